The molecule has 2 aromatic carbocycles. The summed E-state index contributed by atoms with van der Waals surface area (Å²) >= 11 is 1.54. The summed E-state index contributed by atoms with van der Waals surface area (Å²) in [5.41, 5.74) is 8.79. The summed E-state index contributed by atoms with van der Waals surface area (Å²) in [5, 5.41) is 28.4. The van der Waals surface area contributed by atoms with Crippen LogP contribution < -0.4 is 21.7 Å². The Balaban J connectivity index is 1.60. The molecule has 4 atom stereocenters. The second-order valence-electron chi connectivity index (χ2n) is 10.6. The molecule has 13 nitrogen and oxygen atoms in total. The second-order valence-corrected chi connectivity index (χ2v) is 11.6. The number of para-hydroxylation sites is 1. The van der Waals surface area contributed by atoms with Crippen molar-refractivity contribution in [3.8, 4) is 5.75 Å². The zero-order chi connectivity index (χ0) is 32.3. The van der Waals surface area contributed by atoms with Crippen LogP contribution in [0.25, 0.3) is 10.9 Å². The second kappa shape index (κ2) is 15.8. The van der Waals surface area contributed by atoms with Crippen molar-refractivity contribution in [2.75, 3.05) is 12.0 Å². The van der Waals surface area contributed by atoms with Crippen LogP contribution in [0.15, 0.2) is 67.3 Å². The first-order valence-corrected chi connectivity index (χ1v) is 15.7. The van der Waals surface area contributed by atoms with Crippen molar-refractivity contribution in [2.24, 2.45) is 5.73 Å². The van der Waals surface area contributed by atoms with E-state index < -0.39 is 47.9 Å². The van der Waals surface area contributed by atoms with E-state index in [0.29, 0.717) is 23.4 Å². The molecule has 45 heavy (non-hydrogen) atoms. The molecule has 0 bridgehead atoms. The number of carboxylic acids is 1. The molecule has 0 saturated carbocycles. The molecule has 14 heteroatoms. The minimum atomic E-state index is -1.30. The average molecular weight is 636 g/mol. The molecule has 0 radical (unpaired) electrons. The Bertz CT molecular complexity index is 1590. The fraction of sp³-hybridized carbons (Fsp3) is 0.323. The number of aliphatic carboxylic acids is 1. The van der Waals surface area contributed by atoms with Crippen molar-refractivity contribution in [1.82, 2.24) is 30.9 Å². The maximum absolute atomic E-state index is 13.8. The van der Waals surface area contributed by atoms with E-state index in [1.165, 1.54) is 24.7 Å². The number of hydrogen-bond donors (Lipinski definition) is 8. The number of thioether (sulfide) groups is 1. The number of fused-ring (bicyclic) bond motifs is 1. The molecule has 0 fully saturated rings. The van der Waals surface area contributed by atoms with Crippen molar-refractivity contribution in [3.63, 3.8) is 0 Å². The Hall–Kier alpha value is -4.82. The van der Waals surface area contributed by atoms with Crippen molar-refractivity contribution < 1.29 is 29.4 Å². The number of imidazole rings is 1. The number of carbonyl (C=O) groups is 4. The van der Waals surface area contributed by atoms with E-state index in [1.807, 2.05) is 30.5 Å². The van der Waals surface area contributed by atoms with Gasteiger partial charge < -0.3 is 41.9 Å². The Kier molecular flexibility index (Phi) is 11.6. The summed E-state index contributed by atoms with van der Waals surface area (Å²) in [6.45, 7) is 0. The largest absolute Gasteiger partial charge is 0.508 e. The first-order valence-electron chi connectivity index (χ1n) is 14.3. The average Bonchev–Trinajstić information content (AvgIpc) is 3.69. The number of carbonyl (C=O) groups excluding carboxylic acids is 3. The van der Waals surface area contributed by atoms with Gasteiger partial charge in [0.05, 0.1) is 12.4 Å². The van der Waals surface area contributed by atoms with Crippen molar-refractivity contribution in [2.45, 2.75) is 49.9 Å². The predicted molar refractivity (Wildman–Crippen MR) is 171 cm³/mol. The third-order valence-corrected chi connectivity index (χ3v) is 7.95. The van der Waals surface area contributed by atoms with Crippen molar-refractivity contribution >= 4 is 46.4 Å². The summed E-state index contributed by atoms with van der Waals surface area (Å²) in [4.78, 5) is 62.4. The number of amides is 3. The summed E-state index contributed by atoms with van der Waals surface area (Å²) in [6.07, 6.45) is 6.93. The van der Waals surface area contributed by atoms with Crippen molar-refractivity contribution in [1.29, 1.82) is 0 Å². The maximum atomic E-state index is 13.8. The van der Waals surface area contributed by atoms with Gasteiger partial charge in [0.25, 0.3) is 0 Å². The van der Waals surface area contributed by atoms with Crippen LogP contribution in [0.5, 0.6) is 5.75 Å². The van der Waals surface area contributed by atoms with Crippen LogP contribution in [0.4, 0.5) is 0 Å². The van der Waals surface area contributed by atoms with Gasteiger partial charge in [-0.1, -0.05) is 30.3 Å². The predicted octanol–water partition coefficient (Wildman–Crippen LogP) is 1.24. The van der Waals surface area contributed by atoms with Gasteiger partial charge in [-0.2, -0.15) is 11.8 Å². The number of phenolic OH excluding ortho intramolecular Hbond substituents is 1. The lowest BCUT2D eigenvalue weighted by molar-refractivity contribution is -0.142. The lowest BCUT2D eigenvalue weighted by atomic mass is 10.0. The summed E-state index contributed by atoms with van der Waals surface area (Å²) in [5.74, 6) is -2.46. The number of aromatic amines is 2. The van der Waals surface area contributed by atoms with Crippen LogP contribution in [0.3, 0.4) is 0 Å². The zero-order valence-corrected chi connectivity index (χ0v) is 25.5. The number of carboxylic acid groups (broad SMARTS) is 1. The monoisotopic (exact) mass is 635 g/mol. The van der Waals surface area contributed by atoms with Gasteiger partial charge in [0.2, 0.25) is 17.7 Å². The molecule has 4 unspecified atom stereocenters. The van der Waals surface area contributed by atoms with E-state index in [0.717, 1.165) is 16.5 Å². The van der Waals surface area contributed by atoms with Gasteiger partial charge in [0, 0.05) is 48.3 Å². The molecular formula is C31H37N7O6S. The lowest BCUT2D eigenvalue weighted by Crippen LogP contribution is -2.58. The Morgan fingerprint density at radius 1 is 0.889 bits per heavy atom. The topological polar surface area (TPSA) is 215 Å². The molecule has 0 aliphatic heterocycles. The van der Waals surface area contributed by atoms with Crippen LogP contribution in [0.1, 0.15) is 23.2 Å². The third-order valence-electron chi connectivity index (χ3n) is 7.30. The smallest absolute Gasteiger partial charge is 0.326 e. The molecule has 4 aromatic rings. The molecule has 0 aliphatic rings. The number of aromatic hydroxyl groups is 1. The molecule has 0 spiro atoms. The normalized spacial score (nSPS) is 13.8. The molecule has 0 saturated heterocycles. The summed E-state index contributed by atoms with van der Waals surface area (Å²) < 4.78 is 0. The fourth-order valence-corrected chi connectivity index (χ4v) is 5.31. The van der Waals surface area contributed by atoms with Crippen LogP contribution in [-0.4, -0.2) is 85.0 Å². The molecule has 2 heterocycles. The van der Waals surface area contributed by atoms with Gasteiger partial charge in [-0.15, -0.1) is 0 Å². The minimum absolute atomic E-state index is 0.0328. The fourth-order valence-electron chi connectivity index (χ4n) is 4.82. The van der Waals surface area contributed by atoms with E-state index in [4.69, 9.17) is 5.73 Å². The number of hydrogen-bond acceptors (Lipinski definition) is 8. The van der Waals surface area contributed by atoms with Crippen LogP contribution in [0, 0.1) is 0 Å². The highest BCUT2D eigenvalue weighted by Gasteiger charge is 2.31. The van der Waals surface area contributed by atoms with E-state index in [9.17, 15) is 29.4 Å². The van der Waals surface area contributed by atoms with E-state index in [2.05, 4.69) is 30.9 Å². The van der Waals surface area contributed by atoms with Gasteiger partial charge in [-0.25, -0.2) is 9.78 Å². The van der Waals surface area contributed by atoms with E-state index in [-0.39, 0.29) is 25.0 Å². The molecule has 9 N–H and O–H groups in total. The van der Waals surface area contributed by atoms with Gasteiger partial charge in [-0.05, 0) is 47.8 Å². The zero-order valence-electron chi connectivity index (χ0n) is 24.7. The number of phenols is 1. The lowest BCUT2D eigenvalue weighted by Gasteiger charge is -2.25. The SMILES string of the molecule is CSCCC(N)C(=O)NC(Cc1ccc(O)cc1)C(=O)NC(Cc1c[nH]c2ccccc12)C(=O)NC(Cc1cnc[nH]1)C(=O)O. The maximum Gasteiger partial charge on any atom is 0.326 e. The standard InChI is InChI=1S/C31H37N7O6S/c1-45-11-10-23(32)28(40)36-25(12-18-6-8-21(39)9-7-18)29(41)37-26(13-19-15-34-24-5-3-2-4-22(19)24)30(42)38-27(31(43)44)14-20-16-33-17-35-20/h2-9,15-17,23,25-27,34,39H,10-14,32H2,1H3,(H,33,35)(H,36,40)(H,37,41)(H,38,42)(H,43,44). The Morgan fingerprint density at radius 3 is 2.22 bits per heavy atom. The van der Waals surface area contributed by atoms with Gasteiger partial charge in [0.15, 0.2) is 0 Å². The molecule has 4 rings (SSSR count). The highest BCUT2D eigenvalue weighted by atomic mass is 32.2. The molecular weight excluding hydrogens is 598 g/mol. The first-order chi connectivity index (χ1) is 21.6. The van der Waals surface area contributed by atoms with Crippen LogP contribution >= 0.6 is 11.8 Å². The highest BCUT2D eigenvalue weighted by molar-refractivity contribution is 7.98. The number of nitrogens with zero attached hydrogens (tertiary/aromatic N) is 1. The van der Waals surface area contributed by atoms with Gasteiger partial charge in [-0.3, -0.25) is 14.4 Å². The number of benzene rings is 2. The molecule has 3 amide bonds. The quantitative estimate of drug-likeness (QED) is 0.0888. The molecule has 238 valence electrons. The minimum Gasteiger partial charge on any atom is -0.508 e. The van der Waals surface area contributed by atoms with Gasteiger partial charge >= 0.3 is 5.97 Å². The highest BCUT2D eigenvalue weighted by Crippen LogP contribution is 2.20. The number of nitrogens with one attached hydrogen (secondary N) is 5. The Labute approximate surface area is 263 Å². The number of rotatable bonds is 16. The molecule has 0 aliphatic carbocycles. The Morgan fingerprint density at radius 2 is 1.56 bits per heavy atom. The van der Waals surface area contributed by atoms with E-state index in [1.54, 1.807) is 30.1 Å². The third kappa shape index (κ3) is 9.33. The van der Waals surface area contributed by atoms with Crippen LogP contribution in [0.2, 0.25) is 0 Å². The summed E-state index contributed by atoms with van der Waals surface area (Å²) in [6, 6.07) is 9.16. The van der Waals surface area contributed by atoms with Crippen LogP contribution in [-0.2, 0) is 38.4 Å². The first kappa shape index (κ1) is 33.1. The number of H-pyrrole nitrogens is 2. The summed E-state index contributed by atoms with van der Waals surface area (Å²) in [7, 11) is 0. The van der Waals surface area contributed by atoms with Gasteiger partial charge in [0.1, 0.15) is 23.9 Å². The molecule has 2 aromatic heterocycles. The van der Waals surface area contributed by atoms with E-state index >= 15 is 0 Å². The van der Waals surface area contributed by atoms with Crippen molar-refractivity contribution in [3.05, 3.63) is 84.1 Å². The number of nitrogens with two attached hydrogens (primary N) is 1. The number of aromatic nitrogens is 3.